The average Bonchev–Trinajstić information content (AvgIpc) is 3.32. The van der Waals surface area contributed by atoms with Gasteiger partial charge in [0.05, 0.1) is 16.5 Å². The molecule has 0 aliphatic heterocycles. The molecule has 0 saturated heterocycles. The molecule has 0 N–H and O–H groups in total. The van der Waals surface area contributed by atoms with Crippen molar-refractivity contribution in [1.82, 2.24) is 0 Å². The van der Waals surface area contributed by atoms with Gasteiger partial charge in [-0.15, -0.1) is 0 Å². The maximum absolute atomic E-state index is 15.5. The smallest absolute Gasteiger partial charge is 0.224 e. The molecule has 0 radical (unpaired) electrons. The lowest BCUT2D eigenvalue weighted by atomic mass is 9.83. The largest absolute Gasteiger partial charge is 0.454 e. The van der Waals surface area contributed by atoms with Gasteiger partial charge in [-0.25, -0.2) is 8.96 Å². The van der Waals surface area contributed by atoms with E-state index in [4.69, 9.17) is 4.42 Å². The number of benzene rings is 4. The number of aryl methyl sites for hydroxylation is 2. The van der Waals surface area contributed by atoms with Crippen LogP contribution in [0.2, 0.25) is 0 Å². The summed E-state index contributed by atoms with van der Waals surface area (Å²) in [6, 6.07) is 26.8. The SMILES string of the molecule is Cc1ccc2c(oc3c(-c4ccc(C5CCCCC5)cc4)c(F)ccc32)c1-c1c2ccccc2cc[n+]1C. The van der Waals surface area contributed by atoms with Crippen molar-refractivity contribution in [1.29, 1.82) is 0 Å². The Morgan fingerprint density at radius 2 is 1.45 bits per heavy atom. The Labute approximate surface area is 222 Å². The van der Waals surface area contributed by atoms with Crippen molar-refractivity contribution in [3.63, 3.8) is 0 Å². The van der Waals surface area contributed by atoms with E-state index in [-0.39, 0.29) is 5.82 Å². The first-order valence-corrected chi connectivity index (χ1v) is 13.7. The van der Waals surface area contributed by atoms with Crippen LogP contribution in [0.25, 0.3) is 55.1 Å². The van der Waals surface area contributed by atoms with Crippen LogP contribution in [-0.4, -0.2) is 0 Å². The van der Waals surface area contributed by atoms with E-state index in [0.29, 0.717) is 17.1 Å². The zero-order valence-corrected chi connectivity index (χ0v) is 21.9. The molecule has 2 aromatic heterocycles. The zero-order chi connectivity index (χ0) is 25.8. The van der Waals surface area contributed by atoms with E-state index in [0.717, 1.165) is 38.7 Å². The highest BCUT2D eigenvalue weighted by molar-refractivity contribution is 6.14. The summed E-state index contributed by atoms with van der Waals surface area (Å²) in [6.45, 7) is 2.12. The van der Waals surface area contributed by atoms with Crippen molar-refractivity contribution in [2.45, 2.75) is 44.9 Å². The number of aromatic nitrogens is 1. The van der Waals surface area contributed by atoms with Crippen molar-refractivity contribution >= 4 is 32.7 Å². The molecule has 1 fully saturated rings. The number of pyridine rings is 1. The first kappa shape index (κ1) is 23.2. The first-order valence-electron chi connectivity index (χ1n) is 13.7. The highest BCUT2D eigenvalue weighted by Crippen LogP contribution is 2.43. The molecule has 1 aliphatic rings. The van der Waals surface area contributed by atoms with Crippen LogP contribution in [0.3, 0.4) is 0 Å². The second-order valence-corrected chi connectivity index (χ2v) is 10.9. The maximum Gasteiger partial charge on any atom is 0.224 e. The first-order chi connectivity index (χ1) is 18.6. The summed E-state index contributed by atoms with van der Waals surface area (Å²) >= 11 is 0. The molecule has 188 valence electrons. The van der Waals surface area contributed by atoms with Gasteiger partial charge in [-0.05, 0) is 66.0 Å². The van der Waals surface area contributed by atoms with Gasteiger partial charge < -0.3 is 4.42 Å². The molecular weight excluding hydrogens is 469 g/mol. The van der Waals surface area contributed by atoms with E-state index in [9.17, 15) is 0 Å². The minimum absolute atomic E-state index is 0.254. The minimum Gasteiger partial charge on any atom is -0.454 e. The molecule has 0 unspecified atom stereocenters. The van der Waals surface area contributed by atoms with Crippen LogP contribution >= 0.6 is 0 Å². The van der Waals surface area contributed by atoms with Gasteiger partial charge in [-0.3, -0.25) is 0 Å². The van der Waals surface area contributed by atoms with E-state index < -0.39 is 0 Å². The summed E-state index contributed by atoms with van der Waals surface area (Å²) in [7, 11) is 2.07. The Balaban J connectivity index is 1.45. The summed E-state index contributed by atoms with van der Waals surface area (Å²) in [5.74, 6) is 0.368. The van der Waals surface area contributed by atoms with Crippen molar-refractivity contribution in [3.8, 4) is 22.4 Å². The fourth-order valence-corrected chi connectivity index (χ4v) is 6.52. The lowest BCUT2D eigenvalue weighted by molar-refractivity contribution is -0.659. The van der Waals surface area contributed by atoms with Gasteiger partial charge in [0.1, 0.15) is 24.0 Å². The molecule has 6 aromatic rings. The van der Waals surface area contributed by atoms with E-state index in [1.807, 2.05) is 6.07 Å². The van der Waals surface area contributed by atoms with Crippen LogP contribution in [0.4, 0.5) is 4.39 Å². The van der Waals surface area contributed by atoms with Gasteiger partial charge in [-0.1, -0.05) is 73.9 Å². The van der Waals surface area contributed by atoms with Crippen LogP contribution in [0.5, 0.6) is 0 Å². The standard InChI is InChI=1S/C35H31FNO/c1-22-12-17-28-29-18-19-30(36)32(26-15-13-24(14-16-26)23-8-4-3-5-9-23)35(29)38-34(28)31(22)33-27-11-7-6-10-25(27)20-21-37(33)2/h6-7,10-21,23H,3-5,8-9H2,1-2H3/q+1. The predicted octanol–water partition coefficient (Wildman–Crippen LogP) is 9.39. The van der Waals surface area contributed by atoms with Crippen molar-refractivity contribution < 1.29 is 13.4 Å². The average molecular weight is 501 g/mol. The van der Waals surface area contributed by atoms with Crippen LogP contribution in [0, 0.1) is 12.7 Å². The highest BCUT2D eigenvalue weighted by atomic mass is 19.1. The van der Waals surface area contributed by atoms with Gasteiger partial charge in [-0.2, -0.15) is 0 Å². The zero-order valence-electron chi connectivity index (χ0n) is 21.9. The minimum atomic E-state index is -0.254. The van der Waals surface area contributed by atoms with Crippen LogP contribution < -0.4 is 4.57 Å². The molecule has 2 heterocycles. The second-order valence-electron chi connectivity index (χ2n) is 10.9. The second kappa shape index (κ2) is 9.09. The summed E-state index contributed by atoms with van der Waals surface area (Å²) < 4.78 is 24.3. The van der Waals surface area contributed by atoms with Gasteiger partial charge in [0.25, 0.3) is 0 Å². The molecule has 0 atom stereocenters. The molecule has 0 amide bonds. The molecule has 38 heavy (non-hydrogen) atoms. The number of hydrogen-bond donors (Lipinski definition) is 0. The van der Waals surface area contributed by atoms with Crippen LogP contribution in [0.15, 0.2) is 89.5 Å². The quantitative estimate of drug-likeness (QED) is 0.221. The van der Waals surface area contributed by atoms with Gasteiger partial charge in [0, 0.05) is 16.8 Å². The number of fused-ring (bicyclic) bond motifs is 4. The van der Waals surface area contributed by atoms with Crippen molar-refractivity contribution in [3.05, 3.63) is 102 Å². The molecule has 0 bridgehead atoms. The number of furan rings is 1. The van der Waals surface area contributed by atoms with Crippen LogP contribution in [0.1, 0.15) is 49.1 Å². The molecule has 3 heteroatoms. The fraction of sp³-hybridized carbons (Fsp3) is 0.229. The monoisotopic (exact) mass is 500 g/mol. The Kier molecular flexibility index (Phi) is 5.54. The summed E-state index contributed by atoms with van der Waals surface area (Å²) in [5, 5.41) is 4.29. The lowest BCUT2D eigenvalue weighted by Gasteiger charge is -2.22. The number of halogens is 1. The summed E-state index contributed by atoms with van der Waals surface area (Å²) in [6.07, 6.45) is 8.54. The van der Waals surface area contributed by atoms with E-state index in [1.54, 1.807) is 6.07 Å². The molecular formula is C35H31FNO+. The fourth-order valence-electron chi connectivity index (χ4n) is 6.52. The Morgan fingerprint density at radius 1 is 0.737 bits per heavy atom. The molecule has 7 rings (SSSR count). The lowest BCUT2D eigenvalue weighted by Crippen LogP contribution is -2.30. The molecule has 4 aromatic carbocycles. The molecule has 1 aliphatic carbocycles. The summed E-state index contributed by atoms with van der Waals surface area (Å²) in [4.78, 5) is 0. The van der Waals surface area contributed by atoms with E-state index in [1.165, 1.54) is 48.4 Å². The Bertz CT molecular complexity index is 1820. The van der Waals surface area contributed by atoms with Crippen molar-refractivity contribution in [2.75, 3.05) is 0 Å². The van der Waals surface area contributed by atoms with Gasteiger partial charge in [0.2, 0.25) is 5.69 Å². The normalized spacial score (nSPS) is 14.6. The Morgan fingerprint density at radius 3 is 2.24 bits per heavy atom. The van der Waals surface area contributed by atoms with Gasteiger partial charge >= 0.3 is 0 Å². The number of nitrogens with zero attached hydrogens (tertiary/aromatic N) is 1. The third kappa shape index (κ3) is 3.64. The predicted molar refractivity (Wildman–Crippen MR) is 154 cm³/mol. The van der Waals surface area contributed by atoms with Crippen LogP contribution in [-0.2, 0) is 7.05 Å². The molecule has 0 spiro atoms. The van der Waals surface area contributed by atoms with E-state index >= 15 is 4.39 Å². The Hall–Kier alpha value is -3.98. The topological polar surface area (TPSA) is 17.0 Å². The molecule has 2 nitrogen and oxygen atoms in total. The van der Waals surface area contributed by atoms with Crippen molar-refractivity contribution in [2.24, 2.45) is 7.05 Å². The highest BCUT2D eigenvalue weighted by Gasteiger charge is 2.25. The molecule has 1 saturated carbocycles. The third-order valence-electron chi connectivity index (χ3n) is 8.53. The number of rotatable bonds is 3. The van der Waals surface area contributed by atoms with Gasteiger partial charge in [0.15, 0.2) is 6.20 Å². The third-order valence-corrected chi connectivity index (χ3v) is 8.53. The number of hydrogen-bond acceptors (Lipinski definition) is 1. The summed E-state index contributed by atoms with van der Waals surface area (Å²) in [5.41, 5.74) is 7.47. The maximum atomic E-state index is 15.5. The van der Waals surface area contributed by atoms with E-state index in [2.05, 4.69) is 91.5 Å².